The lowest BCUT2D eigenvalue weighted by molar-refractivity contribution is -0.139. The van der Waals surface area contributed by atoms with Gasteiger partial charge in [0.05, 0.1) is 23.1 Å². The van der Waals surface area contributed by atoms with Gasteiger partial charge in [0, 0.05) is 44.5 Å². The van der Waals surface area contributed by atoms with Crippen molar-refractivity contribution in [2.24, 2.45) is 0 Å². The molecule has 4 rings (SSSR count). The third-order valence-electron chi connectivity index (χ3n) is 8.01. The van der Waals surface area contributed by atoms with Gasteiger partial charge in [0.25, 0.3) is 0 Å². The van der Waals surface area contributed by atoms with Crippen molar-refractivity contribution in [2.75, 3.05) is 39.3 Å². The molecule has 228 valence electrons. The number of hydrogen-bond acceptors (Lipinski definition) is 6. The Bertz CT molecular complexity index is 1430. The van der Waals surface area contributed by atoms with Crippen LogP contribution in [0.15, 0.2) is 64.7 Å². The van der Waals surface area contributed by atoms with Crippen LogP contribution in [0.25, 0.3) is 0 Å². The standard InChI is InChI=1S/C32H44N4O5S/c1-8-35-27(21-34-18-19-36(23(4)20-34)42(39,40)26-16-10-22(3)11-17-26)28(30(37)41-9-2)29(33-31(35)38)24-12-14-25(15-13-24)32(5,6)7/h10-17,23,29H,8-9,18-21H2,1-7H3,(H,33,38). The Morgan fingerprint density at radius 2 is 1.67 bits per heavy atom. The van der Waals surface area contributed by atoms with E-state index in [2.05, 4.69) is 31.0 Å². The number of piperazine rings is 1. The lowest BCUT2D eigenvalue weighted by Gasteiger charge is -2.42. The van der Waals surface area contributed by atoms with Crippen LogP contribution >= 0.6 is 0 Å². The van der Waals surface area contributed by atoms with E-state index in [0.29, 0.717) is 44.0 Å². The van der Waals surface area contributed by atoms with E-state index in [9.17, 15) is 18.0 Å². The molecule has 2 unspecified atom stereocenters. The van der Waals surface area contributed by atoms with Crippen LogP contribution in [0.5, 0.6) is 0 Å². The first-order valence-corrected chi connectivity index (χ1v) is 16.1. The number of amides is 2. The van der Waals surface area contributed by atoms with Gasteiger partial charge < -0.3 is 10.1 Å². The molecule has 42 heavy (non-hydrogen) atoms. The average molecular weight is 597 g/mol. The monoisotopic (exact) mass is 596 g/mol. The molecular weight excluding hydrogens is 552 g/mol. The van der Waals surface area contributed by atoms with Crippen LogP contribution in [0.3, 0.4) is 0 Å². The number of sulfonamides is 1. The molecule has 0 radical (unpaired) electrons. The van der Waals surface area contributed by atoms with E-state index in [0.717, 1.165) is 16.7 Å². The number of rotatable bonds is 8. The number of hydrogen-bond donors (Lipinski definition) is 1. The summed E-state index contributed by atoms with van der Waals surface area (Å²) in [4.78, 5) is 30.8. The predicted octanol–water partition coefficient (Wildman–Crippen LogP) is 4.59. The van der Waals surface area contributed by atoms with E-state index in [1.54, 1.807) is 40.4 Å². The summed E-state index contributed by atoms with van der Waals surface area (Å²) in [7, 11) is -3.65. The number of nitrogens with zero attached hydrogens (tertiary/aromatic N) is 3. The first kappa shape index (κ1) is 31.7. The van der Waals surface area contributed by atoms with Crippen molar-refractivity contribution in [1.82, 2.24) is 19.4 Å². The number of urea groups is 1. The fourth-order valence-electron chi connectivity index (χ4n) is 5.66. The maximum Gasteiger partial charge on any atom is 0.338 e. The van der Waals surface area contributed by atoms with Gasteiger partial charge in [-0.3, -0.25) is 9.80 Å². The van der Waals surface area contributed by atoms with Crippen molar-refractivity contribution in [2.45, 2.75) is 70.9 Å². The molecule has 2 amide bonds. The van der Waals surface area contributed by atoms with Crippen LogP contribution in [-0.2, 0) is 25.0 Å². The van der Waals surface area contributed by atoms with Gasteiger partial charge in [0.2, 0.25) is 10.0 Å². The lowest BCUT2D eigenvalue weighted by atomic mass is 9.85. The van der Waals surface area contributed by atoms with Gasteiger partial charge in [-0.2, -0.15) is 4.31 Å². The van der Waals surface area contributed by atoms with Crippen molar-refractivity contribution in [3.05, 3.63) is 76.5 Å². The molecule has 2 atom stereocenters. The van der Waals surface area contributed by atoms with Gasteiger partial charge in [-0.15, -0.1) is 0 Å². The first-order valence-electron chi connectivity index (χ1n) is 14.7. The van der Waals surface area contributed by atoms with Gasteiger partial charge in [0.15, 0.2) is 0 Å². The number of ether oxygens (including phenoxy) is 1. The first-order chi connectivity index (χ1) is 19.8. The number of carbonyl (C=O) groups is 2. The van der Waals surface area contributed by atoms with Crippen molar-refractivity contribution < 1.29 is 22.7 Å². The maximum absolute atomic E-state index is 13.5. The molecule has 9 nitrogen and oxygen atoms in total. The normalized spacial score (nSPS) is 20.9. The molecule has 2 aliphatic heterocycles. The van der Waals surface area contributed by atoms with Gasteiger partial charge in [-0.1, -0.05) is 62.7 Å². The highest BCUT2D eigenvalue weighted by Gasteiger charge is 2.40. The summed E-state index contributed by atoms with van der Waals surface area (Å²) in [5, 5.41) is 3.03. The Morgan fingerprint density at radius 3 is 2.21 bits per heavy atom. The van der Waals surface area contributed by atoms with E-state index in [1.165, 1.54) is 0 Å². The second-order valence-corrected chi connectivity index (χ2v) is 14.0. The Hall–Kier alpha value is -3.21. The fraction of sp³-hybridized carbons (Fsp3) is 0.500. The Balaban J connectivity index is 1.66. The van der Waals surface area contributed by atoms with Crippen molar-refractivity contribution in [3.63, 3.8) is 0 Å². The molecule has 1 saturated heterocycles. The van der Waals surface area contributed by atoms with Gasteiger partial charge in [-0.25, -0.2) is 18.0 Å². The second kappa shape index (κ2) is 12.6. The summed E-state index contributed by atoms with van der Waals surface area (Å²) in [5.41, 5.74) is 3.91. The summed E-state index contributed by atoms with van der Waals surface area (Å²) >= 11 is 0. The Labute approximate surface area is 250 Å². The van der Waals surface area contributed by atoms with Crippen LogP contribution < -0.4 is 5.32 Å². The minimum atomic E-state index is -3.65. The van der Waals surface area contributed by atoms with Gasteiger partial charge in [-0.05, 0) is 56.4 Å². The topological polar surface area (TPSA) is 99.3 Å². The third-order valence-corrected chi connectivity index (χ3v) is 10.0. The van der Waals surface area contributed by atoms with Crippen LogP contribution in [0.1, 0.15) is 64.3 Å². The number of esters is 1. The lowest BCUT2D eigenvalue weighted by Crippen LogP contribution is -2.56. The Kier molecular flexibility index (Phi) is 9.49. The highest BCUT2D eigenvalue weighted by molar-refractivity contribution is 7.89. The molecule has 0 aliphatic carbocycles. The van der Waals surface area contributed by atoms with E-state index in [1.807, 2.05) is 45.0 Å². The molecule has 1 fully saturated rings. The molecule has 2 aromatic carbocycles. The zero-order chi connectivity index (χ0) is 30.8. The van der Waals surface area contributed by atoms with Crippen molar-refractivity contribution >= 4 is 22.0 Å². The van der Waals surface area contributed by atoms with Crippen molar-refractivity contribution in [1.29, 1.82) is 0 Å². The molecule has 0 aromatic heterocycles. The average Bonchev–Trinajstić information content (AvgIpc) is 2.93. The quantitative estimate of drug-likeness (QED) is 0.448. The number of nitrogens with one attached hydrogen (secondary N) is 1. The van der Waals surface area contributed by atoms with E-state index < -0.39 is 22.0 Å². The Morgan fingerprint density at radius 1 is 1.02 bits per heavy atom. The van der Waals surface area contributed by atoms with Gasteiger partial charge >= 0.3 is 12.0 Å². The zero-order valence-electron chi connectivity index (χ0n) is 25.8. The molecular formula is C32H44N4O5S. The van der Waals surface area contributed by atoms with Crippen molar-refractivity contribution in [3.8, 4) is 0 Å². The second-order valence-electron chi connectivity index (χ2n) is 12.1. The number of likely N-dealkylation sites (N-methyl/N-ethyl adjacent to an activating group) is 1. The molecule has 2 aromatic rings. The number of aryl methyl sites for hydroxylation is 1. The third kappa shape index (κ3) is 6.55. The number of carbonyl (C=O) groups excluding carboxylic acids is 2. The van der Waals surface area contributed by atoms with Crippen LogP contribution in [0.4, 0.5) is 4.79 Å². The summed E-state index contributed by atoms with van der Waals surface area (Å²) in [6.07, 6.45) is 0. The smallest absolute Gasteiger partial charge is 0.338 e. The molecule has 1 N–H and O–H groups in total. The van der Waals surface area contributed by atoms with E-state index >= 15 is 0 Å². The summed E-state index contributed by atoms with van der Waals surface area (Å²) in [5.74, 6) is -0.468. The molecule has 0 saturated carbocycles. The minimum absolute atomic E-state index is 0.0376. The summed E-state index contributed by atoms with van der Waals surface area (Å²) < 4.78 is 33.9. The van der Waals surface area contributed by atoms with Gasteiger partial charge in [0.1, 0.15) is 0 Å². The molecule has 0 spiro atoms. The minimum Gasteiger partial charge on any atom is -0.463 e. The molecule has 2 heterocycles. The van der Waals surface area contributed by atoms with Crippen LogP contribution in [-0.4, -0.2) is 79.9 Å². The van der Waals surface area contributed by atoms with Crippen LogP contribution in [0, 0.1) is 6.92 Å². The largest absolute Gasteiger partial charge is 0.463 e. The predicted molar refractivity (Wildman–Crippen MR) is 163 cm³/mol. The van der Waals surface area contributed by atoms with Crippen LogP contribution in [0.2, 0.25) is 0 Å². The fourth-order valence-corrected chi connectivity index (χ4v) is 7.27. The SMILES string of the molecule is CCOC(=O)C1=C(CN2CCN(S(=O)(=O)c3ccc(C)cc3)C(C)C2)N(CC)C(=O)NC1c1ccc(C(C)(C)C)cc1. The molecule has 2 aliphatic rings. The number of benzene rings is 2. The maximum atomic E-state index is 13.5. The van der Waals surface area contributed by atoms with E-state index in [-0.39, 0.29) is 29.0 Å². The molecule has 0 bridgehead atoms. The highest BCUT2D eigenvalue weighted by atomic mass is 32.2. The summed E-state index contributed by atoms with van der Waals surface area (Å²) in [6.45, 7) is 16.0. The molecule has 10 heteroatoms. The zero-order valence-corrected chi connectivity index (χ0v) is 26.6. The van der Waals surface area contributed by atoms with E-state index in [4.69, 9.17) is 4.74 Å². The highest BCUT2D eigenvalue weighted by Crippen LogP contribution is 2.34. The summed E-state index contributed by atoms with van der Waals surface area (Å²) in [6, 6.07) is 13.6.